The van der Waals surface area contributed by atoms with Crippen LogP contribution in [0.4, 0.5) is 5.69 Å². The Kier molecular flexibility index (Phi) is 7.21. The number of benzene rings is 1. The highest BCUT2D eigenvalue weighted by atomic mass is 16.4. The van der Waals surface area contributed by atoms with E-state index >= 15 is 0 Å². The van der Waals surface area contributed by atoms with Crippen molar-refractivity contribution in [3.63, 3.8) is 0 Å². The van der Waals surface area contributed by atoms with E-state index in [1.807, 2.05) is 37.3 Å². The van der Waals surface area contributed by atoms with Gasteiger partial charge in [-0.25, -0.2) is 0 Å². The van der Waals surface area contributed by atoms with Gasteiger partial charge in [0.05, 0.1) is 17.5 Å². The summed E-state index contributed by atoms with van der Waals surface area (Å²) < 4.78 is 1.58. The zero-order valence-corrected chi connectivity index (χ0v) is 17.1. The number of amides is 2. The molecule has 0 aliphatic heterocycles. The van der Waals surface area contributed by atoms with Gasteiger partial charge in [-0.1, -0.05) is 43.2 Å². The topological polar surface area (TPSA) is 113 Å². The van der Waals surface area contributed by atoms with E-state index < -0.39 is 17.8 Å². The fourth-order valence-electron chi connectivity index (χ4n) is 3.86. The van der Waals surface area contributed by atoms with Crippen LogP contribution in [0.1, 0.15) is 48.7 Å². The average molecular weight is 412 g/mol. The van der Waals surface area contributed by atoms with Crippen LogP contribution in [-0.4, -0.2) is 39.2 Å². The van der Waals surface area contributed by atoms with Gasteiger partial charge in [0.15, 0.2) is 5.69 Å². The number of aromatic nitrogens is 2. The first-order valence-corrected chi connectivity index (χ1v) is 10.4. The van der Waals surface area contributed by atoms with Gasteiger partial charge >= 0.3 is 5.97 Å². The second-order valence-electron chi connectivity index (χ2n) is 7.56. The lowest BCUT2D eigenvalue weighted by molar-refractivity contribution is -0.147. The van der Waals surface area contributed by atoms with Gasteiger partial charge in [0.25, 0.3) is 5.91 Å². The summed E-state index contributed by atoms with van der Waals surface area (Å²) in [5, 5.41) is 19.3. The number of anilines is 1. The number of rotatable bonds is 8. The summed E-state index contributed by atoms with van der Waals surface area (Å²) in [7, 11) is 0. The number of hydrogen-bond donors (Lipinski definition) is 3. The molecule has 1 aliphatic rings. The SMILES string of the molecule is CCn1cc(NC(=O)[C@@H]2CCCC[C@H]2C(=O)O)c(C(=O)NCCc2ccccc2)n1. The van der Waals surface area contributed by atoms with Crippen LogP contribution < -0.4 is 10.6 Å². The van der Waals surface area contributed by atoms with Crippen LogP contribution in [0.15, 0.2) is 36.5 Å². The maximum Gasteiger partial charge on any atom is 0.307 e. The van der Waals surface area contributed by atoms with Crippen LogP contribution >= 0.6 is 0 Å². The van der Waals surface area contributed by atoms with E-state index in [2.05, 4.69) is 15.7 Å². The van der Waals surface area contributed by atoms with Gasteiger partial charge in [0.1, 0.15) is 0 Å². The highest BCUT2D eigenvalue weighted by molar-refractivity contribution is 6.03. The first-order chi connectivity index (χ1) is 14.5. The Labute approximate surface area is 175 Å². The van der Waals surface area contributed by atoms with Gasteiger partial charge < -0.3 is 15.7 Å². The van der Waals surface area contributed by atoms with E-state index in [1.165, 1.54) is 0 Å². The summed E-state index contributed by atoms with van der Waals surface area (Å²) in [6.07, 6.45) is 4.96. The number of carbonyl (C=O) groups excluding carboxylic acids is 2. The molecule has 1 aliphatic carbocycles. The molecular weight excluding hydrogens is 384 g/mol. The van der Waals surface area contributed by atoms with Gasteiger partial charge in [-0.15, -0.1) is 0 Å². The van der Waals surface area contributed by atoms with Crippen molar-refractivity contribution in [2.24, 2.45) is 11.8 Å². The molecule has 8 nitrogen and oxygen atoms in total. The molecule has 2 amide bonds. The molecule has 0 unspecified atom stereocenters. The highest BCUT2D eigenvalue weighted by Gasteiger charge is 2.36. The Bertz CT molecular complexity index is 894. The van der Waals surface area contributed by atoms with Crippen molar-refractivity contribution < 1.29 is 19.5 Å². The Balaban J connectivity index is 1.67. The molecule has 160 valence electrons. The maximum atomic E-state index is 12.8. The van der Waals surface area contributed by atoms with Gasteiger partial charge in [-0.2, -0.15) is 5.10 Å². The van der Waals surface area contributed by atoms with Crippen molar-refractivity contribution in [2.45, 2.75) is 45.6 Å². The normalized spacial score (nSPS) is 18.6. The predicted octanol–water partition coefficient (Wildman–Crippen LogP) is 2.71. The molecule has 30 heavy (non-hydrogen) atoms. The number of carboxylic acid groups (broad SMARTS) is 1. The van der Waals surface area contributed by atoms with Gasteiger partial charge in [0.2, 0.25) is 5.91 Å². The summed E-state index contributed by atoms with van der Waals surface area (Å²) in [5.74, 6) is -2.97. The molecule has 1 saturated carbocycles. The second-order valence-corrected chi connectivity index (χ2v) is 7.56. The molecule has 1 aromatic heterocycles. The highest BCUT2D eigenvalue weighted by Crippen LogP contribution is 2.31. The molecule has 2 aromatic rings. The monoisotopic (exact) mass is 412 g/mol. The van der Waals surface area contributed by atoms with Crippen LogP contribution in [0.2, 0.25) is 0 Å². The third kappa shape index (κ3) is 5.25. The quantitative estimate of drug-likeness (QED) is 0.617. The largest absolute Gasteiger partial charge is 0.481 e. The van der Waals surface area contributed by atoms with E-state index in [4.69, 9.17) is 0 Å². The van der Waals surface area contributed by atoms with Gasteiger partial charge in [-0.05, 0) is 31.7 Å². The first kappa shape index (κ1) is 21.5. The Morgan fingerprint density at radius 3 is 2.50 bits per heavy atom. The van der Waals surface area contributed by atoms with Crippen LogP contribution in [0.5, 0.6) is 0 Å². The van der Waals surface area contributed by atoms with E-state index in [0.717, 1.165) is 18.4 Å². The zero-order valence-electron chi connectivity index (χ0n) is 17.1. The number of hydrogen-bond acceptors (Lipinski definition) is 4. The van der Waals surface area contributed by atoms with Crippen molar-refractivity contribution >= 4 is 23.5 Å². The summed E-state index contributed by atoms with van der Waals surface area (Å²) in [6.45, 7) is 2.87. The summed E-state index contributed by atoms with van der Waals surface area (Å²) >= 11 is 0. The van der Waals surface area contributed by atoms with E-state index in [-0.39, 0.29) is 17.5 Å². The summed E-state index contributed by atoms with van der Waals surface area (Å²) in [6, 6.07) is 9.82. The minimum atomic E-state index is -0.946. The number of nitrogens with one attached hydrogen (secondary N) is 2. The first-order valence-electron chi connectivity index (χ1n) is 10.4. The molecule has 3 N–H and O–H groups in total. The molecular formula is C22H28N4O4. The Hall–Kier alpha value is -3.16. The molecule has 3 rings (SSSR count). The van der Waals surface area contributed by atoms with Crippen LogP contribution in [0.25, 0.3) is 0 Å². The lowest BCUT2D eigenvalue weighted by Gasteiger charge is -2.27. The van der Waals surface area contributed by atoms with E-state index in [0.29, 0.717) is 38.0 Å². The van der Waals surface area contributed by atoms with Gasteiger partial charge in [-0.3, -0.25) is 19.1 Å². The van der Waals surface area contributed by atoms with Crippen LogP contribution in [0, 0.1) is 11.8 Å². The molecule has 0 spiro atoms. The molecule has 1 fully saturated rings. The Morgan fingerprint density at radius 1 is 1.13 bits per heavy atom. The fraction of sp³-hybridized carbons (Fsp3) is 0.455. The second kappa shape index (κ2) is 10.0. The smallest absolute Gasteiger partial charge is 0.307 e. The molecule has 0 bridgehead atoms. The van der Waals surface area contributed by atoms with Gasteiger partial charge in [0, 0.05) is 19.3 Å². The Morgan fingerprint density at radius 2 is 1.83 bits per heavy atom. The number of aryl methyl sites for hydroxylation is 1. The lowest BCUT2D eigenvalue weighted by atomic mass is 9.78. The number of carboxylic acids is 1. The third-order valence-corrected chi connectivity index (χ3v) is 5.52. The molecule has 8 heteroatoms. The molecule has 2 atom stereocenters. The van der Waals surface area contributed by atoms with Crippen molar-refractivity contribution in [3.05, 3.63) is 47.8 Å². The predicted molar refractivity (Wildman–Crippen MR) is 112 cm³/mol. The number of carbonyl (C=O) groups is 3. The van der Waals surface area contributed by atoms with Crippen molar-refractivity contribution in [1.82, 2.24) is 15.1 Å². The molecule has 1 heterocycles. The third-order valence-electron chi connectivity index (χ3n) is 5.52. The minimum absolute atomic E-state index is 0.140. The zero-order chi connectivity index (χ0) is 21.5. The molecule has 0 saturated heterocycles. The van der Waals surface area contributed by atoms with Crippen LogP contribution in [-0.2, 0) is 22.6 Å². The van der Waals surface area contributed by atoms with Crippen molar-refractivity contribution in [3.8, 4) is 0 Å². The fourth-order valence-corrected chi connectivity index (χ4v) is 3.86. The van der Waals surface area contributed by atoms with Crippen LogP contribution in [0.3, 0.4) is 0 Å². The number of aliphatic carboxylic acids is 1. The van der Waals surface area contributed by atoms with E-state index in [9.17, 15) is 19.5 Å². The number of nitrogens with zero attached hydrogens (tertiary/aromatic N) is 2. The lowest BCUT2D eigenvalue weighted by Crippen LogP contribution is -2.36. The van der Waals surface area contributed by atoms with E-state index in [1.54, 1.807) is 10.9 Å². The molecule has 0 radical (unpaired) electrons. The summed E-state index contributed by atoms with van der Waals surface area (Å²) in [5.41, 5.74) is 1.57. The minimum Gasteiger partial charge on any atom is -0.481 e. The standard InChI is InChI=1S/C22H28N4O4/c1-2-26-14-18(24-20(27)16-10-6-7-11-17(16)22(29)30)19(25-26)21(28)23-13-12-15-8-4-3-5-9-15/h3-5,8-9,14,16-17H,2,6-7,10-13H2,1H3,(H,23,28)(H,24,27)(H,29,30)/t16-,17-/m1/s1. The maximum absolute atomic E-state index is 12.8. The average Bonchev–Trinajstić information content (AvgIpc) is 3.17. The van der Waals surface area contributed by atoms with Crippen molar-refractivity contribution in [1.29, 1.82) is 0 Å². The molecule has 1 aromatic carbocycles. The van der Waals surface area contributed by atoms with Crippen molar-refractivity contribution in [2.75, 3.05) is 11.9 Å². The summed E-state index contributed by atoms with van der Waals surface area (Å²) in [4.78, 5) is 37.0.